The second-order valence-corrected chi connectivity index (χ2v) is 3.20. The molecule has 0 amide bonds. The Morgan fingerprint density at radius 1 is 1.62 bits per heavy atom. The highest BCUT2D eigenvalue weighted by Gasteiger charge is 2.15. The fourth-order valence-electron chi connectivity index (χ4n) is 1.17. The number of hydrogen-bond acceptors (Lipinski definition) is 3. The average molecular weight is 182 g/mol. The van der Waals surface area contributed by atoms with Crippen molar-refractivity contribution >= 4 is 5.97 Å². The van der Waals surface area contributed by atoms with Crippen LogP contribution < -0.4 is 0 Å². The highest BCUT2D eigenvalue weighted by molar-refractivity contribution is 5.87. The molecule has 0 aromatic carbocycles. The van der Waals surface area contributed by atoms with Crippen LogP contribution in [0.3, 0.4) is 0 Å². The summed E-state index contributed by atoms with van der Waals surface area (Å²) in [6.45, 7) is 5.79. The zero-order valence-corrected chi connectivity index (χ0v) is 8.37. The van der Waals surface area contributed by atoms with Crippen molar-refractivity contribution < 1.29 is 9.53 Å². The summed E-state index contributed by atoms with van der Waals surface area (Å²) < 4.78 is 6.31. The molecule has 13 heavy (non-hydrogen) atoms. The number of rotatable bonds is 2. The highest BCUT2D eigenvalue weighted by Crippen LogP contribution is 2.11. The molecule has 0 N–H and O–H groups in total. The summed E-state index contributed by atoms with van der Waals surface area (Å²) in [4.78, 5) is 11.3. The Morgan fingerprint density at radius 3 is 2.69 bits per heavy atom. The van der Waals surface area contributed by atoms with Crippen molar-refractivity contribution in [3.63, 3.8) is 0 Å². The predicted octanol–water partition coefficient (Wildman–Crippen LogP) is 1.56. The minimum Gasteiger partial charge on any atom is -0.464 e. The fourth-order valence-corrected chi connectivity index (χ4v) is 1.17. The quantitative estimate of drug-likeness (QED) is 0.652. The molecule has 0 radical (unpaired) electrons. The first kappa shape index (κ1) is 9.77. The molecule has 0 saturated carbocycles. The average Bonchev–Trinajstić information content (AvgIpc) is 2.46. The molecule has 0 fully saturated rings. The molecule has 1 rings (SSSR count). The number of carbonyl (C=O) groups excluding carboxylic acids is 1. The molecular weight excluding hydrogens is 168 g/mol. The molecule has 1 heterocycles. The van der Waals surface area contributed by atoms with E-state index in [1.54, 1.807) is 10.7 Å². The third-order valence-corrected chi connectivity index (χ3v) is 1.74. The third kappa shape index (κ3) is 1.88. The van der Waals surface area contributed by atoms with Gasteiger partial charge in [-0.05, 0) is 26.8 Å². The number of methoxy groups -OCH3 is 1. The van der Waals surface area contributed by atoms with Gasteiger partial charge in [0.05, 0.1) is 12.8 Å². The van der Waals surface area contributed by atoms with Gasteiger partial charge in [-0.2, -0.15) is 5.10 Å². The van der Waals surface area contributed by atoms with E-state index in [0.717, 1.165) is 5.69 Å². The molecule has 0 atom stereocenters. The van der Waals surface area contributed by atoms with Gasteiger partial charge in [0.1, 0.15) is 5.69 Å². The van der Waals surface area contributed by atoms with Gasteiger partial charge in [0.25, 0.3) is 0 Å². The van der Waals surface area contributed by atoms with Crippen molar-refractivity contribution in [3.05, 3.63) is 17.5 Å². The first-order valence-electron chi connectivity index (χ1n) is 4.20. The molecule has 0 spiro atoms. The van der Waals surface area contributed by atoms with Crippen LogP contribution in [0.5, 0.6) is 0 Å². The van der Waals surface area contributed by atoms with Gasteiger partial charge in [-0.3, -0.25) is 4.68 Å². The Morgan fingerprint density at radius 2 is 2.23 bits per heavy atom. The zero-order chi connectivity index (χ0) is 10.0. The molecule has 4 nitrogen and oxygen atoms in total. The van der Waals surface area contributed by atoms with Gasteiger partial charge in [0, 0.05) is 6.04 Å². The van der Waals surface area contributed by atoms with Gasteiger partial charge in [0.2, 0.25) is 0 Å². The smallest absolute Gasteiger partial charge is 0.356 e. The van der Waals surface area contributed by atoms with Crippen LogP contribution in [0.25, 0.3) is 0 Å². The Balaban J connectivity index is 3.11. The number of aryl methyl sites for hydroxylation is 1. The van der Waals surface area contributed by atoms with Crippen molar-refractivity contribution in [2.24, 2.45) is 0 Å². The van der Waals surface area contributed by atoms with E-state index in [0.29, 0.717) is 5.69 Å². The van der Waals surface area contributed by atoms with Crippen molar-refractivity contribution in [1.82, 2.24) is 9.78 Å². The van der Waals surface area contributed by atoms with Gasteiger partial charge in [-0.1, -0.05) is 0 Å². The number of carbonyl (C=O) groups is 1. The lowest BCUT2D eigenvalue weighted by atomic mass is 10.3. The summed E-state index contributed by atoms with van der Waals surface area (Å²) in [5, 5.41) is 4.20. The fraction of sp³-hybridized carbons (Fsp3) is 0.556. The lowest BCUT2D eigenvalue weighted by molar-refractivity contribution is 0.0584. The van der Waals surface area contributed by atoms with E-state index in [9.17, 15) is 4.79 Å². The van der Waals surface area contributed by atoms with Gasteiger partial charge >= 0.3 is 5.97 Å². The van der Waals surface area contributed by atoms with Crippen molar-refractivity contribution in [3.8, 4) is 0 Å². The van der Waals surface area contributed by atoms with E-state index < -0.39 is 0 Å². The van der Waals surface area contributed by atoms with Crippen LogP contribution in [0.2, 0.25) is 0 Å². The minimum absolute atomic E-state index is 0.169. The Hall–Kier alpha value is -1.32. The molecule has 1 aromatic rings. The van der Waals surface area contributed by atoms with Crippen LogP contribution in [0, 0.1) is 6.92 Å². The van der Waals surface area contributed by atoms with E-state index in [4.69, 9.17) is 0 Å². The zero-order valence-electron chi connectivity index (χ0n) is 8.37. The molecule has 0 aliphatic carbocycles. The number of aromatic nitrogens is 2. The monoisotopic (exact) mass is 182 g/mol. The van der Waals surface area contributed by atoms with Crippen LogP contribution >= 0.6 is 0 Å². The van der Waals surface area contributed by atoms with Crippen LogP contribution in [0.15, 0.2) is 6.07 Å². The van der Waals surface area contributed by atoms with Crippen molar-refractivity contribution in [2.45, 2.75) is 26.8 Å². The summed E-state index contributed by atoms with van der Waals surface area (Å²) in [5.41, 5.74) is 1.34. The first-order valence-corrected chi connectivity index (χ1v) is 4.20. The third-order valence-electron chi connectivity index (χ3n) is 1.74. The predicted molar refractivity (Wildman–Crippen MR) is 48.7 cm³/mol. The van der Waals surface area contributed by atoms with Gasteiger partial charge in [0.15, 0.2) is 0 Å². The topological polar surface area (TPSA) is 44.1 Å². The molecule has 0 bridgehead atoms. The lowest BCUT2D eigenvalue weighted by Gasteiger charge is -2.08. The molecule has 0 aliphatic rings. The molecule has 1 aromatic heterocycles. The Bertz CT molecular complexity index is 315. The van der Waals surface area contributed by atoms with Gasteiger partial charge in [-0.25, -0.2) is 4.79 Å². The largest absolute Gasteiger partial charge is 0.464 e. The summed E-state index contributed by atoms with van der Waals surface area (Å²) in [6.07, 6.45) is 0. The standard InChI is InChI=1S/C9H14N2O2/c1-6(2)11-8(9(12)13-4)5-7(3)10-11/h5-6H,1-4H3. The second-order valence-electron chi connectivity index (χ2n) is 3.20. The van der Waals surface area contributed by atoms with E-state index in [1.165, 1.54) is 7.11 Å². The van der Waals surface area contributed by atoms with Crippen molar-refractivity contribution in [1.29, 1.82) is 0 Å². The highest BCUT2D eigenvalue weighted by atomic mass is 16.5. The van der Waals surface area contributed by atoms with Crippen LogP contribution in [-0.4, -0.2) is 22.9 Å². The molecule has 4 heteroatoms. The maximum absolute atomic E-state index is 11.3. The summed E-state index contributed by atoms with van der Waals surface area (Å²) in [6, 6.07) is 1.90. The van der Waals surface area contributed by atoms with E-state index >= 15 is 0 Å². The summed E-state index contributed by atoms with van der Waals surface area (Å²) in [5.74, 6) is -0.339. The number of hydrogen-bond donors (Lipinski definition) is 0. The van der Waals surface area contributed by atoms with Crippen molar-refractivity contribution in [2.75, 3.05) is 7.11 Å². The maximum atomic E-state index is 11.3. The Kier molecular flexibility index (Phi) is 2.70. The normalized spacial score (nSPS) is 10.5. The van der Waals surface area contributed by atoms with Crippen LogP contribution in [0.1, 0.15) is 36.1 Å². The van der Waals surface area contributed by atoms with E-state index in [1.807, 2.05) is 20.8 Å². The van der Waals surface area contributed by atoms with Gasteiger partial charge < -0.3 is 4.74 Å². The van der Waals surface area contributed by atoms with Crippen LogP contribution in [0.4, 0.5) is 0 Å². The number of esters is 1. The molecule has 0 saturated heterocycles. The van der Waals surface area contributed by atoms with E-state index in [2.05, 4.69) is 9.84 Å². The maximum Gasteiger partial charge on any atom is 0.356 e. The minimum atomic E-state index is -0.339. The van der Waals surface area contributed by atoms with Gasteiger partial charge in [-0.15, -0.1) is 0 Å². The second kappa shape index (κ2) is 3.60. The lowest BCUT2D eigenvalue weighted by Crippen LogP contribution is -2.13. The molecule has 0 unspecified atom stereocenters. The first-order chi connectivity index (χ1) is 6.06. The molecule has 72 valence electrons. The number of nitrogens with zero attached hydrogens (tertiary/aromatic N) is 2. The molecular formula is C9H14N2O2. The van der Waals surface area contributed by atoms with E-state index in [-0.39, 0.29) is 12.0 Å². The van der Waals surface area contributed by atoms with Crippen LogP contribution in [-0.2, 0) is 4.74 Å². The SMILES string of the molecule is COC(=O)c1cc(C)nn1C(C)C. The molecule has 0 aliphatic heterocycles. The Labute approximate surface area is 77.5 Å². The summed E-state index contributed by atoms with van der Waals surface area (Å²) in [7, 11) is 1.37. The summed E-state index contributed by atoms with van der Waals surface area (Å²) >= 11 is 0. The number of ether oxygens (including phenoxy) is 1.